The lowest BCUT2D eigenvalue weighted by atomic mass is 10.0. The Labute approximate surface area is 153 Å². The Balaban J connectivity index is 2.06. The van der Waals surface area contributed by atoms with Gasteiger partial charge in [0.05, 0.1) is 12.5 Å². The molecule has 2 aromatic carbocycles. The summed E-state index contributed by atoms with van der Waals surface area (Å²) in [5.41, 5.74) is 1.39. The monoisotopic (exact) mass is 362 g/mol. The van der Waals surface area contributed by atoms with Crippen molar-refractivity contribution in [1.82, 2.24) is 10.2 Å². The second kappa shape index (κ2) is 9.54. The molecule has 0 aliphatic rings. The Morgan fingerprint density at radius 2 is 1.80 bits per heavy atom. The van der Waals surface area contributed by atoms with E-state index >= 15 is 0 Å². The third-order valence-corrected chi connectivity index (χ3v) is 4.68. The number of benzene rings is 2. The first-order chi connectivity index (χ1) is 12.1. The zero-order valence-electron chi connectivity index (χ0n) is 14.6. The van der Waals surface area contributed by atoms with Crippen LogP contribution in [-0.4, -0.2) is 30.4 Å². The fraction of sp³-hybridized carbons (Fsp3) is 0.350. The van der Waals surface area contributed by atoms with Crippen LogP contribution >= 0.6 is 11.6 Å². The van der Waals surface area contributed by atoms with Crippen molar-refractivity contribution in [2.45, 2.75) is 26.3 Å². The van der Waals surface area contributed by atoms with Crippen LogP contribution in [0.4, 0.5) is 4.39 Å². The lowest BCUT2D eigenvalue weighted by molar-refractivity contribution is -0.120. The number of nitrogens with zero attached hydrogens (tertiary/aromatic N) is 1. The molecule has 0 saturated heterocycles. The number of nitrogens with one attached hydrogen (secondary N) is 1. The van der Waals surface area contributed by atoms with E-state index in [1.54, 1.807) is 6.07 Å². The van der Waals surface area contributed by atoms with Gasteiger partial charge in [-0.1, -0.05) is 61.8 Å². The van der Waals surface area contributed by atoms with Crippen LogP contribution in [0.15, 0.2) is 48.5 Å². The number of rotatable bonds is 8. The van der Waals surface area contributed by atoms with E-state index in [9.17, 15) is 9.18 Å². The molecule has 0 aliphatic carbocycles. The third-order valence-electron chi connectivity index (χ3n) is 4.33. The van der Waals surface area contributed by atoms with Gasteiger partial charge in [0.2, 0.25) is 5.91 Å². The minimum atomic E-state index is -0.453. The number of amides is 1. The van der Waals surface area contributed by atoms with Gasteiger partial charge in [-0.05, 0) is 30.8 Å². The van der Waals surface area contributed by atoms with Gasteiger partial charge in [0.15, 0.2) is 0 Å². The summed E-state index contributed by atoms with van der Waals surface area (Å²) in [4.78, 5) is 14.6. The molecule has 0 saturated carbocycles. The van der Waals surface area contributed by atoms with Crippen molar-refractivity contribution in [3.63, 3.8) is 0 Å². The molecule has 2 rings (SSSR count). The Bertz CT molecular complexity index is 669. The van der Waals surface area contributed by atoms with Crippen molar-refractivity contribution in [2.75, 3.05) is 19.6 Å². The number of hydrogen-bond acceptors (Lipinski definition) is 2. The van der Waals surface area contributed by atoms with Gasteiger partial charge in [0.1, 0.15) is 5.82 Å². The molecule has 5 heteroatoms. The van der Waals surface area contributed by atoms with Crippen molar-refractivity contribution in [3.8, 4) is 0 Å². The van der Waals surface area contributed by atoms with Gasteiger partial charge < -0.3 is 5.32 Å². The first kappa shape index (κ1) is 19.4. The first-order valence-electron chi connectivity index (χ1n) is 8.55. The van der Waals surface area contributed by atoms with Crippen molar-refractivity contribution in [3.05, 3.63) is 70.5 Å². The molecule has 25 heavy (non-hydrogen) atoms. The lowest BCUT2D eigenvalue weighted by Crippen LogP contribution is -2.38. The van der Waals surface area contributed by atoms with Crippen LogP contribution in [0.2, 0.25) is 5.02 Å². The molecule has 0 bridgehead atoms. The Morgan fingerprint density at radius 3 is 2.40 bits per heavy atom. The largest absolute Gasteiger partial charge is 0.354 e. The summed E-state index contributed by atoms with van der Waals surface area (Å²) in [6, 6.07) is 14.6. The quantitative estimate of drug-likeness (QED) is 0.762. The summed E-state index contributed by atoms with van der Waals surface area (Å²) < 4.78 is 13.8. The molecule has 134 valence electrons. The van der Waals surface area contributed by atoms with Gasteiger partial charge in [0, 0.05) is 17.1 Å². The van der Waals surface area contributed by atoms with Crippen LogP contribution in [-0.2, 0) is 11.2 Å². The molecular formula is C20H24ClFN2O. The van der Waals surface area contributed by atoms with E-state index in [1.807, 2.05) is 18.2 Å². The first-order valence-corrected chi connectivity index (χ1v) is 8.93. The van der Waals surface area contributed by atoms with Gasteiger partial charge in [-0.2, -0.15) is 0 Å². The highest BCUT2D eigenvalue weighted by atomic mass is 35.5. The zero-order valence-corrected chi connectivity index (χ0v) is 15.4. The molecule has 1 unspecified atom stereocenters. The summed E-state index contributed by atoms with van der Waals surface area (Å²) in [5.74, 6) is -0.689. The van der Waals surface area contributed by atoms with Gasteiger partial charge in [-0.15, -0.1) is 0 Å². The Kier molecular flexibility index (Phi) is 7.41. The fourth-order valence-electron chi connectivity index (χ4n) is 2.93. The van der Waals surface area contributed by atoms with E-state index in [0.717, 1.165) is 18.7 Å². The second-order valence-electron chi connectivity index (χ2n) is 5.83. The second-order valence-corrected chi connectivity index (χ2v) is 6.24. The van der Waals surface area contributed by atoms with Crippen LogP contribution in [0.5, 0.6) is 0 Å². The van der Waals surface area contributed by atoms with E-state index in [-0.39, 0.29) is 29.0 Å². The molecule has 0 aliphatic heterocycles. The van der Waals surface area contributed by atoms with Gasteiger partial charge in [-0.3, -0.25) is 9.69 Å². The molecule has 0 radical (unpaired) electrons. The van der Waals surface area contributed by atoms with Crippen LogP contribution in [0, 0.1) is 5.82 Å². The highest BCUT2D eigenvalue weighted by Gasteiger charge is 2.19. The standard InChI is InChI=1S/C20H24ClFN2O/c1-3-24(4-2)19(15-9-6-5-7-10-15)14-23-20(25)13-16-17(21)11-8-12-18(16)22/h5-12,19H,3-4,13-14H2,1-2H3,(H,23,25). The average molecular weight is 363 g/mol. The maximum absolute atomic E-state index is 13.8. The molecule has 0 aromatic heterocycles. The molecule has 1 N–H and O–H groups in total. The van der Waals surface area contributed by atoms with Crippen molar-refractivity contribution < 1.29 is 9.18 Å². The minimum Gasteiger partial charge on any atom is -0.354 e. The third kappa shape index (κ3) is 5.28. The van der Waals surface area contributed by atoms with Gasteiger partial charge >= 0.3 is 0 Å². The molecule has 1 atom stereocenters. The van der Waals surface area contributed by atoms with Crippen molar-refractivity contribution in [2.24, 2.45) is 0 Å². The van der Waals surface area contributed by atoms with Crippen LogP contribution in [0.1, 0.15) is 31.0 Å². The zero-order chi connectivity index (χ0) is 18.2. The molecular weight excluding hydrogens is 339 g/mol. The topological polar surface area (TPSA) is 32.3 Å². The van der Waals surface area contributed by atoms with E-state index in [0.29, 0.717) is 6.54 Å². The Morgan fingerprint density at radius 1 is 1.12 bits per heavy atom. The maximum Gasteiger partial charge on any atom is 0.224 e. The summed E-state index contributed by atoms with van der Waals surface area (Å²) in [6.45, 7) is 6.42. The molecule has 0 fully saturated rings. The number of likely N-dealkylation sites (N-methyl/N-ethyl adjacent to an activating group) is 1. The van der Waals surface area contributed by atoms with E-state index in [2.05, 4.69) is 36.2 Å². The van der Waals surface area contributed by atoms with E-state index in [4.69, 9.17) is 11.6 Å². The summed E-state index contributed by atoms with van der Waals surface area (Å²) in [6.07, 6.45) is -0.0642. The van der Waals surface area contributed by atoms with E-state index < -0.39 is 5.82 Å². The number of carbonyl (C=O) groups is 1. The predicted octanol–water partition coefficient (Wildman–Crippen LogP) is 4.22. The number of carbonyl (C=O) groups excluding carboxylic acids is 1. The van der Waals surface area contributed by atoms with Crippen LogP contribution in [0.3, 0.4) is 0 Å². The minimum absolute atomic E-state index is 0.0642. The maximum atomic E-state index is 13.8. The van der Waals surface area contributed by atoms with Crippen molar-refractivity contribution >= 4 is 17.5 Å². The number of halogens is 2. The SMILES string of the molecule is CCN(CC)C(CNC(=O)Cc1c(F)cccc1Cl)c1ccccc1. The average Bonchev–Trinajstić information content (AvgIpc) is 2.62. The summed E-state index contributed by atoms with van der Waals surface area (Å²) in [7, 11) is 0. The fourth-order valence-corrected chi connectivity index (χ4v) is 3.16. The summed E-state index contributed by atoms with van der Waals surface area (Å²) in [5, 5.41) is 3.20. The highest BCUT2D eigenvalue weighted by molar-refractivity contribution is 6.31. The van der Waals surface area contributed by atoms with Gasteiger partial charge in [-0.25, -0.2) is 4.39 Å². The number of hydrogen-bond donors (Lipinski definition) is 1. The van der Waals surface area contributed by atoms with Crippen molar-refractivity contribution in [1.29, 1.82) is 0 Å². The van der Waals surface area contributed by atoms with E-state index in [1.165, 1.54) is 12.1 Å². The summed E-state index contributed by atoms with van der Waals surface area (Å²) >= 11 is 6.00. The Hall–Kier alpha value is -1.91. The molecule has 1 amide bonds. The molecule has 0 heterocycles. The normalized spacial score (nSPS) is 12.2. The molecule has 2 aromatic rings. The van der Waals surface area contributed by atoms with Gasteiger partial charge in [0.25, 0.3) is 0 Å². The highest BCUT2D eigenvalue weighted by Crippen LogP contribution is 2.21. The lowest BCUT2D eigenvalue weighted by Gasteiger charge is -2.30. The predicted molar refractivity (Wildman–Crippen MR) is 100 cm³/mol. The molecule has 0 spiro atoms. The smallest absolute Gasteiger partial charge is 0.224 e. The molecule has 3 nitrogen and oxygen atoms in total. The van der Waals surface area contributed by atoms with Crippen LogP contribution < -0.4 is 5.32 Å². The van der Waals surface area contributed by atoms with Crippen LogP contribution in [0.25, 0.3) is 0 Å².